The van der Waals surface area contributed by atoms with Crippen LogP contribution in [0, 0.1) is 5.92 Å². The van der Waals surface area contributed by atoms with Crippen LogP contribution in [0.4, 0.5) is 0 Å². The first-order valence-electron chi connectivity index (χ1n) is 11.2. The van der Waals surface area contributed by atoms with Crippen LogP contribution in [0.25, 0.3) is 0 Å². The number of benzene rings is 2. The van der Waals surface area contributed by atoms with E-state index in [-0.39, 0.29) is 18.0 Å². The first-order chi connectivity index (χ1) is 14.7. The third-order valence-electron chi connectivity index (χ3n) is 6.21. The van der Waals surface area contributed by atoms with Gasteiger partial charge in [0.25, 0.3) is 0 Å². The van der Waals surface area contributed by atoms with E-state index in [4.69, 9.17) is 9.47 Å². The average molecular weight is 410 g/mol. The quantitative estimate of drug-likeness (QED) is 0.487. The third kappa shape index (κ3) is 5.63. The zero-order valence-corrected chi connectivity index (χ0v) is 18.5. The van der Waals surface area contributed by atoms with Gasteiger partial charge in [-0.15, -0.1) is 0 Å². The first-order valence-corrected chi connectivity index (χ1v) is 11.2. The molecule has 4 heteroatoms. The number of ether oxygens (including phenoxy) is 2. The summed E-state index contributed by atoms with van der Waals surface area (Å²) < 4.78 is 10.6. The first kappa shape index (κ1) is 22.4. The Morgan fingerprint density at radius 2 is 1.40 bits per heavy atom. The zero-order chi connectivity index (χ0) is 21.3. The van der Waals surface area contributed by atoms with Crippen molar-refractivity contribution in [2.75, 3.05) is 14.2 Å². The molecule has 1 aliphatic heterocycles. The topological polar surface area (TPSA) is 47.6 Å². The highest BCUT2D eigenvalue weighted by Gasteiger charge is 2.37. The highest BCUT2D eigenvalue weighted by molar-refractivity contribution is 5.83. The number of ketones is 1. The standard InChI is InChI=1S/C26H35NO3/c1-4-5-6-7-8-9-23-25(28)18-24(19-10-14-21(29-2)15-11-19)27-26(23)20-12-16-22(30-3)17-13-20/h10-17,23-24,26-27H,4-9,18H2,1-3H3/t23-,24-,26+/m0/s1. The number of carbonyl (C=O) groups is 1. The number of rotatable bonds is 10. The van der Waals surface area contributed by atoms with Gasteiger partial charge < -0.3 is 14.8 Å². The lowest BCUT2D eigenvalue weighted by molar-refractivity contribution is -0.127. The minimum atomic E-state index is 0.0202. The molecule has 2 aromatic rings. The van der Waals surface area contributed by atoms with E-state index in [0.29, 0.717) is 12.2 Å². The molecule has 0 radical (unpaired) electrons. The van der Waals surface area contributed by atoms with Crippen molar-refractivity contribution in [1.29, 1.82) is 0 Å². The number of Topliss-reactive ketones (excluding diaryl/α,β-unsaturated/α-hetero) is 1. The van der Waals surface area contributed by atoms with Gasteiger partial charge in [-0.05, 0) is 41.8 Å². The highest BCUT2D eigenvalue weighted by Crippen LogP contribution is 2.38. The molecule has 1 heterocycles. The molecule has 30 heavy (non-hydrogen) atoms. The normalized spacial score (nSPS) is 21.4. The molecule has 3 atom stereocenters. The number of piperidine rings is 1. The van der Waals surface area contributed by atoms with E-state index in [1.165, 1.54) is 25.7 Å². The zero-order valence-electron chi connectivity index (χ0n) is 18.5. The lowest BCUT2D eigenvalue weighted by Crippen LogP contribution is -2.42. The maximum Gasteiger partial charge on any atom is 0.139 e. The Bertz CT molecular complexity index is 785. The monoisotopic (exact) mass is 409 g/mol. The summed E-state index contributed by atoms with van der Waals surface area (Å²) in [6.07, 6.45) is 7.57. The number of carbonyl (C=O) groups excluding carboxylic acids is 1. The van der Waals surface area contributed by atoms with Crippen molar-refractivity contribution in [3.05, 3.63) is 59.7 Å². The molecule has 3 rings (SSSR count). The summed E-state index contributed by atoms with van der Waals surface area (Å²) >= 11 is 0. The average Bonchev–Trinajstić information content (AvgIpc) is 2.79. The van der Waals surface area contributed by atoms with Gasteiger partial charge in [-0.1, -0.05) is 63.3 Å². The van der Waals surface area contributed by atoms with Crippen molar-refractivity contribution >= 4 is 5.78 Å². The van der Waals surface area contributed by atoms with Crippen LogP contribution in [0.3, 0.4) is 0 Å². The van der Waals surface area contributed by atoms with Crippen molar-refractivity contribution in [3.8, 4) is 11.5 Å². The van der Waals surface area contributed by atoms with Crippen LogP contribution in [0.1, 0.15) is 75.1 Å². The Labute approximate surface area is 181 Å². The molecule has 4 nitrogen and oxygen atoms in total. The van der Waals surface area contributed by atoms with Gasteiger partial charge in [0, 0.05) is 24.4 Å². The summed E-state index contributed by atoms with van der Waals surface area (Å²) in [5, 5.41) is 3.79. The maximum absolute atomic E-state index is 13.2. The Morgan fingerprint density at radius 3 is 1.97 bits per heavy atom. The van der Waals surface area contributed by atoms with Crippen LogP contribution in [-0.4, -0.2) is 20.0 Å². The number of hydrogen-bond acceptors (Lipinski definition) is 4. The Morgan fingerprint density at radius 1 is 0.833 bits per heavy atom. The Kier molecular flexibility index (Phi) is 8.32. The second-order valence-electron chi connectivity index (χ2n) is 8.22. The van der Waals surface area contributed by atoms with Gasteiger partial charge in [0.1, 0.15) is 17.3 Å². The van der Waals surface area contributed by atoms with Gasteiger partial charge in [0.2, 0.25) is 0 Å². The van der Waals surface area contributed by atoms with E-state index < -0.39 is 0 Å². The van der Waals surface area contributed by atoms with Crippen molar-refractivity contribution in [2.45, 2.75) is 64.0 Å². The lowest BCUT2D eigenvalue weighted by Gasteiger charge is -2.37. The summed E-state index contributed by atoms with van der Waals surface area (Å²) in [4.78, 5) is 13.2. The molecule has 0 unspecified atom stereocenters. The van der Waals surface area contributed by atoms with E-state index in [2.05, 4.69) is 36.5 Å². The molecule has 2 aromatic carbocycles. The maximum atomic E-state index is 13.2. The fourth-order valence-electron chi connectivity index (χ4n) is 4.42. The van der Waals surface area contributed by atoms with Crippen LogP contribution in [0.15, 0.2) is 48.5 Å². The second-order valence-corrected chi connectivity index (χ2v) is 8.22. The summed E-state index contributed by atoms with van der Waals surface area (Å²) in [7, 11) is 3.35. The molecule has 1 fully saturated rings. The van der Waals surface area contributed by atoms with Crippen LogP contribution < -0.4 is 14.8 Å². The predicted molar refractivity (Wildman–Crippen MR) is 121 cm³/mol. The number of unbranched alkanes of at least 4 members (excludes halogenated alkanes) is 4. The molecule has 162 valence electrons. The third-order valence-corrected chi connectivity index (χ3v) is 6.21. The smallest absolute Gasteiger partial charge is 0.139 e. The van der Waals surface area contributed by atoms with Gasteiger partial charge in [-0.25, -0.2) is 0 Å². The fourth-order valence-corrected chi connectivity index (χ4v) is 4.42. The Hall–Kier alpha value is -2.33. The molecule has 0 aliphatic carbocycles. The molecule has 0 bridgehead atoms. The number of hydrogen-bond donors (Lipinski definition) is 1. The SMILES string of the molecule is CCCCCCC[C@H]1C(=O)C[C@@H](c2ccc(OC)cc2)N[C@@H]1c1ccc(OC)cc1. The van der Waals surface area contributed by atoms with Crippen molar-refractivity contribution < 1.29 is 14.3 Å². The van der Waals surface area contributed by atoms with Gasteiger partial charge in [0.15, 0.2) is 0 Å². The van der Waals surface area contributed by atoms with Crippen LogP contribution in [0.2, 0.25) is 0 Å². The fraction of sp³-hybridized carbons (Fsp3) is 0.500. The van der Waals surface area contributed by atoms with Crippen LogP contribution in [0.5, 0.6) is 11.5 Å². The second kappa shape index (κ2) is 11.2. The van der Waals surface area contributed by atoms with E-state index in [1.807, 2.05) is 24.3 Å². The molecule has 0 saturated carbocycles. The van der Waals surface area contributed by atoms with Gasteiger partial charge in [-0.2, -0.15) is 0 Å². The summed E-state index contributed by atoms with van der Waals surface area (Å²) in [5.74, 6) is 2.06. The lowest BCUT2D eigenvalue weighted by atomic mass is 9.78. The number of nitrogens with one attached hydrogen (secondary N) is 1. The molecule has 0 amide bonds. The molecule has 1 N–H and O–H groups in total. The summed E-state index contributed by atoms with van der Waals surface area (Å²) in [6, 6.07) is 16.2. The summed E-state index contributed by atoms with van der Waals surface area (Å²) in [6.45, 7) is 2.23. The van der Waals surface area contributed by atoms with E-state index in [0.717, 1.165) is 35.5 Å². The largest absolute Gasteiger partial charge is 0.497 e. The molecule has 0 spiro atoms. The minimum absolute atomic E-state index is 0.0202. The molecular formula is C26H35NO3. The highest BCUT2D eigenvalue weighted by atomic mass is 16.5. The number of methoxy groups -OCH3 is 2. The molecule has 1 saturated heterocycles. The van der Waals surface area contributed by atoms with Gasteiger partial charge in [0.05, 0.1) is 14.2 Å². The van der Waals surface area contributed by atoms with E-state index in [9.17, 15) is 4.79 Å². The van der Waals surface area contributed by atoms with Crippen molar-refractivity contribution in [2.24, 2.45) is 5.92 Å². The Balaban J connectivity index is 1.78. The molecule has 1 aliphatic rings. The van der Waals surface area contributed by atoms with Crippen molar-refractivity contribution in [3.63, 3.8) is 0 Å². The molecular weight excluding hydrogens is 374 g/mol. The van der Waals surface area contributed by atoms with E-state index in [1.54, 1.807) is 14.2 Å². The van der Waals surface area contributed by atoms with E-state index >= 15 is 0 Å². The van der Waals surface area contributed by atoms with Gasteiger partial charge in [-0.3, -0.25) is 4.79 Å². The van der Waals surface area contributed by atoms with Gasteiger partial charge >= 0.3 is 0 Å². The van der Waals surface area contributed by atoms with Crippen LogP contribution >= 0.6 is 0 Å². The van der Waals surface area contributed by atoms with Crippen molar-refractivity contribution in [1.82, 2.24) is 5.32 Å². The van der Waals surface area contributed by atoms with Crippen LogP contribution in [-0.2, 0) is 4.79 Å². The minimum Gasteiger partial charge on any atom is -0.497 e. The predicted octanol–water partition coefficient (Wildman–Crippen LogP) is 6.03. The molecule has 0 aromatic heterocycles. The summed E-state index contributed by atoms with van der Waals surface area (Å²) in [5.41, 5.74) is 2.28.